The Labute approximate surface area is 117 Å². The van der Waals surface area contributed by atoms with Crippen LogP contribution in [0.1, 0.15) is 12.8 Å². The van der Waals surface area contributed by atoms with Crippen LogP contribution in [0, 0.1) is 0 Å². The maximum atomic E-state index is 12.3. The molecule has 100 valence electrons. The third kappa shape index (κ3) is 2.99. The molecule has 0 N–H and O–H groups in total. The summed E-state index contributed by atoms with van der Waals surface area (Å²) in [5.74, 6) is 0. The Bertz CT molecular complexity index is 496. The fourth-order valence-electron chi connectivity index (χ4n) is 1.97. The number of hydrogen-bond acceptors (Lipinski definition) is 4. The summed E-state index contributed by atoms with van der Waals surface area (Å²) >= 11 is 7.47. The Morgan fingerprint density at radius 2 is 2.06 bits per heavy atom. The molecule has 18 heavy (non-hydrogen) atoms. The van der Waals surface area contributed by atoms with Crippen molar-refractivity contribution in [1.82, 2.24) is 9.29 Å². The van der Waals surface area contributed by atoms with Crippen molar-refractivity contribution in [2.24, 2.45) is 0 Å². The standard InChI is InChI=1S/C11H15ClN2O2S2/c1-17-9-4-6-14(7-5-9)18(15,16)10-2-3-11(12)13-8-10/h2-3,8-9H,4-7H2,1H3. The molecular formula is C11H15ClN2O2S2. The Morgan fingerprint density at radius 3 is 2.56 bits per heavy atom. The van der Waals surface area contributed by atoms with Gasteiger partial charge in [0.15, 0.2) is 0 Å². The second kappa shape index (κ2) is 5.77. The van der Waals surface area contributed by atoms with Crippen LogP contribution in [0.4, 0.5) is 0 Å². The first-order valence-electron chi connectivity index (χ1n) is 5.68. The third-order valence-corrected chi connectivity index (χ3v) is 6.32. The van der Waals surface area contributed by atoms with Crippen molar-refractivity contribution in [2.75, 3.05) is 19.3 Å². The van der Waals surface area contributed by atoms with E-state index in [1.54, 1.807) is 11.8 Å². The van der Waals surface area contributed by atoms with Gasteiger partial charge in [0.1, 0.15) is 10.0 Å². The molecule has 2 rings (SSSR count). The summed E-state index contributed by atoms with van der Waals surface area (Å²) < 4.78 is 26.2. The maximum Gasteiger partial charge on any atom is 0.244 e. The third-order valence-electron chi connectivity index (χ3n) is 3.07. The minimum absolute atomic E-state index is 0.217. The lowest BCUT2D eigenvalue weighted by atomic mass is 10.2. The molecule has 1 aromatic rings. The molecule has 0 atom stereocenters. The fourth-order valence-corrected chi connectivity index (χ4v) is 4.18. The Morgan fingerprint density at radius 1 is 1.39 bits per heavy atom. The molecule has 1 aromatic heterocycles. The highest BCUT2D eigenvalue weighted by molar-refractivity contribution is 7.99. The maximum absolute atomic E-state index is 12.3. The largest absolute Gasteiger partial charge is 0.244 e. The van der Waals surface area contributed by atoms with Gasteiger partial charge in [0, 0.05) is 24.5 Å². The lowest BCUT2D eigenvalue weighted by molar-refractivity contribution is 0.352. The van der Waals surface area contributed by atoms with E-state index in [0.717, 1.165) is 12.8 Å². The van der Waals surface area contributed by atoms with Gasteiger partial charge in [-0.25, -0.2) is 13.4 Å². The summed E-state index contributed by atoms with van der Waals surface area (Å²) in [6.45, 7) is 1.16. The molecule has 2 heterocycles. The molecule has 0 saturated carbocycles. The predicted molar refractivity (Wildman–Crippen MR) is 74.5 cm³/mol. The van der Waals surface area contributed by atoms with Gasteiger partial charge >= 0.3 is 0 Å². The van der Waals surface area contributed by atoms with Crippen molar-refractivity contribution in [3.8, 4) is 0 Å². The lowest BCUT2D eigenvalue weighted by Crippen LogP contribution is -2.39. The highest BCUT2D eigenvalue weighted by Crippen LogP contribution is 2.25. The van der Waals surface area contributed by atoms with E-state index in [1.165, 1.54) is 22.6 Å². The van der Waals surface area contributed by atoms with Crippen LogP contribution in [-0.2, 0) is 10.0 Å². The first-order valence-corrected chi connectivity index (χ1v) is 8.79. The van der Waals surface area contributed by atoms with E-state index in [9.17, 15) is 8.42 Å². The van der Waals surface area contributed by atoms with Crippen LogP contribution >= 0.6 is 23.4 Å². The van der Waals surface area contributed by atoms with Crippen molar-refractivity contribution < 1.29 is 8.42 Å². The number of hydrogen-bond donors (Lipinski definition) is 0. The topological polar surface area (TPSA) is 50.3 Å². The Kier molecular flexibility index (Phi) is 4.53. The monoisotopic (exact) mass is 306 g/mol. The van der Waals surface area contributed by atoms with Gasteiger partial charge in [0.05, 0.1) is 0 Å². The zero-order valence-electron chi connectivity index (χ0n) is 10.0. The molecular weight excluding hydrogens is 292 g/mol. The molecule has 0 spiro atoms. The molecule has 0 bridgehead atoms. The number of piperidine rings is 1. The van der Waals surface area contributed by atoms with Gasteiger partial charge in [-0.3, -0.25) is 0 Å². The molecule has 0 amide bonds. The van der Waals surface area contributed by atoms with E-state index in [-0.39, 0.29) is 4.90 Å². The predicted octanol–water partition coefficient (Wildman–Crippen LogP) is 2.25. The second-order valence-corrected chi connectivity index (χ2v) is 7.62. The van der Waals surface area contributed by atoms with Crippen LogP contribution in [-0.4, -0.2) is 42.3 Å². The van der Waals surface area contributed by atoms with Crippen molar-refractivity contribution in [2.45, 2.75) is 23.0 Å². The van der Waals surface area contributed by atoms with E-state index in [2.05, 4.69) is 11.2 Å². The van der Waals surface area contributed by atoms with E-state index in [0.29, 0.717) is 23.5 Å². The minimum Gasteiger partial charge on any atom is -0.243 e. The van der Waals surface area contributed by atoms with Crippen LogP contribution in [0.25, 0.3) is 0 Å². The number of sulfonamides is 1. The van der Waals surface area contributed by atoms with Crippen molar-refractivity contribution in [1.29, 1.82) is 0 Å². The van der Waals surface area contributed by atoms with E-state index < -0.39 is 10.0 Å². The zero-order valence-corrected chi connectivity index (χ0v) is 12.4. The average Bonchev–Trinajstić information content (AvgIpc) is 2.39. The van der Waals surface area contributed by atoms with Crippen molar-refractivity contribution >= 4 is 33.4 Å². The number of rotatable bonds is 3. The Hall–Kier alpha value is -0.300. The number of thioether (sulfide) groups is 1. The molecule has 1 fully saturated rings. The van der Waals surface area contributed by atoms with Gasteiger partial charge in [-0.05, 0) is 31.2 Å². The van der Waals surface area contributed by atoms with Gasteiger partial charge in [-0.15, -0.1) is 0 Å². The smallest absolute Gasteiger partial charge is 0.243 e. The highest BCUT2D eigenvalue weighted by atomic mass is 35.5. The minimum atomic E-state index is -3.41. The van der Waals surface area contributed by atoms with E-state index in [1.807, 2.05) is 0 Å². The SMILES string of the molecule is CSC1CCN(S(=O)(=O)c2ccc(Cl)nc2)CC1. The number of pyridine rings is 1. The van der Waals surface area contributed by atoms with Crippen LogP contribution in [0.2, 0.25) is 5.15 Å². The summed E-state index contributed by atoms with van der Waals surface area (Å²) in [7, 11) is -3.41. The molecule has 1 saturated heterocycles. The summed E-state index contributed by atoms with van der Waals surface area (Å²) in [4.78, 5) is 4.04. The van der Waals surface area contributed by atoms with Gasteiger partial charge in [0.2, 0.25) is 10.0 Å². The van der Waals surface area contributed by atoms with Crippen LogP contribution < -0.4 is 0 Å². The summed E-state index contributed by atoms with van der Waals surface area (Å²) in [6.07, 6.45) is 5.19. The quantitative estimate of drug-likeness (QED) is 0.804. The summed E-state index contributed by atoms with van der Waals surface area (Å²) in [5.41, 5.74) is 0. The normalized spacial score (nSPS) is 19.0. The number of halogens is 1. The molecule has 1 aliphatic heterocycles. The average molecular weight is 307 g/mol. The van der Waals surface area contributed by atoms with E-state index in [4.69, 9.17) is 11.6 Å². The van der Waals surface area contributed by atoms with Crippen LogP contribution in [0.5, 0.6) is 0 Å². The van der Waals surface area contributed by atoms with Gasteiger partial charge in [-0.2, -0.15) is 16.1 Å². The first kappa shape index (κ1) is 14.1. The summed E-state index contributed by atoms with van der Waals surface area (Å²) in [5, 5.41) is 0.870. The Balaban J connectivity index is 2.15. The summed E-state index contributed by atoms with van der Waals surface area (Å²) in [6, 6.07) is 3.01. The van der Waals surface area contributed by atoms with Crippen LogP contribution in [0.15, 0.2) is 23.2 Å². The molecule has 1 aliphatic rings. The van der Waals surface area contributed by atoms with Crippen molar-refractivity contribution in [3.05, 3.63) is 23.5 Å². The lowest BCUT2D eigenvalue weighted by Gasteiger charge is -2.30. The molecule has 0 aromatic carbocycles. The fraction of sp³-hybridized carbons (Fsp3) is 0.545. The van der Waals surface area contributed by atoms with Gasteiger partial charge in [0.25, 0.3) is 0 Å². The molecule has 0 radical (unpaired) electrons. The molecule has 0 aliphatic carbocycles. The molecule has 7 heteroatoms. The number of nitrogens with zero attached hydrogens (tertiary/aromatic N) is 2. The highest BCUT2D eigenvalue weighted by Gasteiger charge is 2.29. The molecule has 0 unspecified atom stereocenters. The van der Waals surface area contributed by atoms with Gasteiger partial charge < -0.3 is 0 Å². The number of aromatic nitrogens is 1. The second-order valence-electron chi connectivity index (χ2n) is 4.16. The van der Waals surface area contributed by atoms with Gasteiger partial charge in [-0.1, -0.05) is 11.6 Å². The zero-order chi connectivity index (χ0) is 13.2. The van der Waals surface area contributed by atoms with Crippen molar-refractivity contribution in [3.63, 3.8) is 0 Å². The van der Waals surface area contributed by atoms with E-state index >= 15 is 0 Å². The van der Waals surface area contributed by atoms with Crippen LogP contribution in [0.3, 0.4) is 0 Å². The molecule has 4 nitrogen and oxygen atoms in total. The first-order chi connectivity index (χ1) is 8.54.